The maximum absolute atomic E-state index is 12.7. The molecule has 1 saturated heterocycles. The molecule has 5 heteroatoms. The molecule has 1 aliphatic rings. The van der Waals surface area contributed by atoms with Crippen LogP contribution in [0.4, 0.5) is 0 Å². The molecule has 0 radical (unpaired) electrons. The molecule has 3 rings (SSSR count). The van der Waals surface area contributed by atoms with Gasteiger partial charge in [-0.05, 0) is 31.5 Å². The van der Waals surface area contributed by atoms with Gasteiger partial charge >= 0.3 is 0 Å². The van der Waals surface area contributed by atoms with Gasteiger partial charge in [0.2, 0.25) is 0 Å². The van der Waals surface area contributed by atoms with Gasteiger partial charge < -0.3 is 14.6 Å². The SMILES string of the molecule is CCC1COC(C)CN1C(=O)c1ccc2nc[nH]c2c1. The lowest BCUT2D eigenvalue weighted by Gasteiger charge is -2.38. The van der Waals surface area contributed by atoms with Crippen molar-refractivity contribution < 1.29 is 9.53 Å². The van der Waals surface area contributed by atoms with Gasteiger partial charge in [-0.1, -0.05) is 6.92 Å². The number of aromatic nitrogens is 2. The summed E-state index contributed by atoms with van der Waals surface area (Å²) in [4.78, 5) is 21.9. The summed E-state index contributed by atoms with van der Waals surface area (Å²) >= 11 is 0. The van der Waals surface area contributed by atoms with E-state index in [-0.39, 0.29) is 18.1 Å². The molecule has 1 aliphatic heterocycles. The van der Waals surface area contributed by atoms with E-state index in [2.05, 4.69) is 16.9 Å². The summed E-state index contributed by atoms with van der Waals surface area (Å²) in [6.07, 6.45) is 2.65. The van der Waals surface area contributed by atoms with Crippen molar-refractivity contribution in [2.24, 2.45) is 0 Å². The number of nitrogens with one attached hydrogen (secondary N) is 1. The quantitative estimate of drug-likeness (QED) is 0.912. The van der Waals surface area contributed by atoms with E-state index in [1.807, 2.05) is 30.0 Å². The van der Waals surface area contributed by atoms with E-state index >= 15 is 0 Å². The molecular weight excluding hydrogens is 254 g/mol. The first-order valence-corrected chi connectivity index (χ1v) is 7.04. The van der Waals surface area contributed by atoms with Crippen LogP contribution in [0.2, 0.25) is 0 Å². The minimum Gasteiger partial charge on any atom is -0.375 e. The Bertz CT molecular complexity index is 622. The molecule has 1 aromatic heterocycles. The van der Waals surface area contributed by atoms with Crippen LogP contribution in [0.1, 0.15) is 30.6 Å². The fourth-order valence-electron chi connectivity index (χ4n) is 2.67. The molecule has 20 heavy (non-hydrogen) atoms. The third-order valence-electron chi connectivity index (χ3n) is 3.87. The second kappa shape index (κ2) is 5.25. The van der Waals surface area contributed by atoms with Crippen LogP contribution < -0.4 is 0 Å². The zero-order valence-corrected chi connectivity index (χ0v) is 11.8. The van der Waals surface area contributed by atoms with E-state index < -0.39 is 0 Å². The van der Waals surface area contributed by atoms with E-state index in [1.165, 1.54) is 0 Å². The molecule has 0 spiro atoms. The number of imidazole rings is 1. The Morgan fingerprint density at radius 1 is 1.55 bits per heavy atom. The number of amides is 1. The third kappa shape index (κ3) is 2.29. The Balaban J connectivity index is 1.89. The van der Waals surface area contributed by atoms with Gasteiger partial charge in [-0.15, -0.1) is 0 Å². The summed E-state index contributed by atoms with van der Waals surface area (Å²) < 4.78 is 5.65. The monoisotopic (exact) mass is 273 g/mol. The molecule has 0 saturated carbocycles. The summed E-state index contributed by atoms with van der Waals surface area (Å²) in [6.45, 7) is 5.36. The van der Waals surface area contributed by atoms with Crippen molar-refractivity contribution in [3.05, 3.63) is 30.1 Å². The predicted molar refractivity (Wildman–Crippen MR) is 76.6 cm³/mol. The Hall–Kier alpha value is -1.88. The number of carbonyl (C=O) groups excluding carboxylic acids is 1. The summed E-state index contributed by atoms with van der Waals surface area (Å²) in [5, 5.41) is 0. The predicted octanol–water partition coefficient (Wildman–Crippen LogP) is 2.20. The molecule has 1 aromatic carbocycles. The van der Waals surface area contributed by atoms with Gasteiger partial charge in [-0.3, -0.25) is 4.79 Å². The van der Waals surface area contributed by atoms with E-state index in [9.17, 15) is 4.79 Å². The van der Waals surface area contributed by atoms with Gasteiger partial charge in [-0.25, -0.2) is 4.98 Å². The van der Waals surface area contributed by atoms with E-state index in [1.54, 1.807) is 6.33 Å². The summed E-state index contributed by atoms with van der Waals surface area (Å²) in [6, 6.07) is 5.76. The molecule has 2 aromatic rings. The zero-order valence-electron chi connectivity index (χ0n) is 11.8. The summed E-state index contributed by atoms with van der Waals surface area (Å²) in [5.74, 6) is 0.0727. The van der Waals surface area contributed by atoms with Gasteiger partial charge in [0.25, 0.3) is 5.91 Å². The average molecular weight is 273 g/mol. The molecule has 2 atom stereocenters. The molecule has 2 heterocycles. The lowest BCUT2D eigenvalue weighted by atomic mass is 10.1. The van der Waals surface area contributed by atoms with Crippen molar-refractivity contribution in [2.45, 2.75) is 32.4 Å². The number of rotatable bonds is 2. The van der Waals surface area contributed by atoms with Gasteiger partial charge in [0.05, 0.1) is 36.1 Å². The number of hydrogen-bond donors (Lipinski definition) is 1. The van der Waals surface area contributed by atoms with Gasteiger partial charge in [0.15, 0.2) is 0 Å². The van der Waals surface area contributed by atoms with Crippen molar-refractivity contribution in [3.63, 3.8) is 0 Å². The number of hydrogen-bond acceptors (Lipinski definition) is 3. The van der Waals surface area contributed by atoms with Gasteiger partial charge in [-0.2, -0.15) is 0 Å². The van der Waals surface area contributed by atoms with Gasteiger partial charge in [0, 0.05) is 12.1 Å². The molecule has 1 fully saturated rings. The van der Waals surface area contributed by atoms with E-state index in [0.29, 0.717) is 18.7 Å². The minimum absolute atomic E-state index is 0.0727. The molecule has 1 amide bonds. The first-order chi connectivity index (χ1) is 9.69. The average Bonchev–Trinajstić information content (AvgIpc) is 2.93. The van der Waals surface area contributed by atoms with Crippen molar-refractivity contribution in [2.75, 3.05) is 13.2 Å². The number of aromatic amines is 1. The Morgan fingerprint density at radius 2 is 2.40 bits per heavy atom. The molecular formula is C15H19N3O2. The number of morpholine rings is 1. The highest BCUT2D eigenvalue weighted by atomic mass is 16.5. The lowest BCUT2D eigenvalue weighted by molar-refractivity contribution is -0.0444. The third-order valence-corrected chi connectivity index (χ3v) is 3.87. The first-order valence-electron chi connectivity index (χ1n) is 7.04. The van der Waals surface area contributed by atoms with Crippen LogP contribution in [-0.4, -0.2) is 46.1 Å². The van der Waals surface area contributed by atoms with Gasteiger partial charge in [0.1, 0.15) is 0 Å². The fraction of sp³-hybridized carbons (Fsp3) is 0.467. The van der Waals surface area contributed by atoms with Crippen LogP contribution in [0.25, 0.3) is 11.0 Å². The molecule has 1 N–H and O–H groups in total. The zero-order chi connectivity index (χ0) is 14.1. The second-order valence-electron chi connectivity index (χ2n) is 5.30. The lowest BCUT2D eigenvalue weighted by Crippen LogP contribution is -2.51. The number of H-pyrrole nitrogens is 1. The van der Waals surface area contributed by atoms with Crippen LogP contribution in [0.3, 0.4) is 0 Å². The summed E-state index contributed by atoms with van der Waals surface area (Å²) in [7, 11) is 0. The van der Waals surface area contributed by atoms with Crippen LogP contribution in [0.15, 0.2) is 24.5 Å². The highest BCUT2D eigenvalue weighted by molar-refractivity contribution is 5.97. The summed E-state index contributed by atoms with van der Waals surface area (Å²) in [5.41, 5.74) is 2.48. The maximum Gasteiger partial charge on any atom is 0.254 e. The molecule has 5 nitrogen and oxygen atoms in total. The van der Waals surface area contributed by atoms with E-state index in [4.69, 9.17) is 4.74 Å². The topological polar surface area (TPSA) is 58.2 Å². The van der Waals surface area contributed by atoms with Crippen molar-refractivity contribution in [1.82, 2.24) is 14.9 Å². The largest absolute Gasteiger partial charge is 0.375 e. The number of nitrogens with zero attached hydrogens (tertiary/aromatic N) is 2. The van der Waals surface area contributed by atoms with E-state index in [0.717, 1.165) is 17.5 Å². The Labute approximate surface area is 117 Å². The van der Waals surface area contributed by atoms with Crippen LogP contribution in [-0.2, 0) is 4.74 Å². The van der Waals surface area contributed by atoms with Crippen LogP contribution in [0, 0.1) is 0 Å². The molecule has 0 aliphatic carbocycles. The van der Waals surface area contributed by atoms with Crippen molar-refractivity contribution in [1.29, 1.82) is 0 Å². The normalized spacial score (nSPS) is 23.2. The number of benzene rings is 1. The standard InChI is InChI=1S/C15H19N3O2/c1-3-12-8-20-10(2)7-18(12)15(19)11-4-5-13-14(6-11)17-9-16-13/h4-6,9-10,12H,3,7-8H2,1-2H3,(H,16,17). The first kappa shape index (κ1) is 13.1. The second-order valence-corrected chi connectivity index (χ2v) is 5.30. The maximum atomic E-state index is 12.7. The van der Waals surface area contributed by atoms with Crippen molar-refractivity contribution in [3.8, 4) is 0 Å². The number of ether oxygens (including phenoxy) is 1. The minimum atomic E-state index is 0.0727. The van der Waals surface area contributed by atoms with Crippen LogP contribution >= 0.6 is 0 Å². The molecule has 2 unspecified atom stereocenters. The highest BCUT2D eigenvalue weighted by Gasteiger charge is 2.30. The smallest absolute Gasteiger partial charge is 0.254 e. The van der Waals surface area contributed by atoms with Crippen molar-refractivity contribution >= 4 is 16.9 Å². The Morgan fingerprint density at radius 3 is 3.20 bits per heavy atom. The Kier molecular flexibility index (Phi) is 3.44. The fourth-order valence-corrected chi connectivity index (χ4v) is 2.67. The molecule has 0 bridgehead atoms. The number of fused-ring (bicyclic) bond motifs is 1. The van der Waals surface area contributed by atoms with Crippen LogP contribution in [0.5, 0.6) is 0 Å². The molecule has 106 valence electrons. The highest BCUT2D eigenvalue weighted by Crippen LogP contribution is 2.19. The number of carbonyl (C=O) groups is 1.